The average molecular weight is 322 g/mol. The van der Waals surface area contributed by atoms with Crippen molar-refractivity contribution in [3.63, 3.8) is 0 Å². The predicted octanol–water partition coefficient (Wildman–Crippen LogP) is 4.23. The lowest BCUT2D eigenvalue weighted by Crippen LogP contribution is -2.25. The van der Waals surface area contributed by atoms with E-state index in [0.717, 1.165) is 16.1 Å². The van der Waals surface area contributed by atoms with Crippen LogP contribution in [0.25, 0.3) is 16.3 Å². The number of rotatable bonds is 5. The van der Waals surface area contributed by atoms with Gasteiger partial charge in [-0.3, -0.25) is 4.79 Å². The summed E-state index contributed by atoms with van der Waals surface area (Å²) in [6.45, 7) is 2.66. The van der Waals surface area contributed by atoms with Crippen LogP contribution < -0.4 is 5.32 Å². The van der Waals surface area contributed by atoms with E-state index in [1.165, 1.54) is 4.70 Å². The van der Waals surface area contributed by atoms with Crippen LogP contribution in [0.15, 0.2) is 60.7 Å². The fraction of sp³-hybridized carbons (Fsp3) is 0.158. The summed E-state index contributed by atoms with van der Waals surface area (Å²) in [5.41, 5.74) is 2.04. The summed E-state index contributed by atoms with van der Waals surface area (Å²) in [6, 6.07) is 17.9. The molecule has 1 N–H and O–H groups in total. The van der Waals surface area contributed by atoms with E-state index in [-0.39, 0.29) is 11.8 Å². The lowest BCUT2D eigenvalue weighted by molar-refractivity contribution is -0.116. The molecule has 3 aromatic rings. The zero-order valence-corrected chi connectivity index (χ0v) is 13.7. The van der Waals surface area contributed by atoms with Gasteiger partial charge in [0.25, 0.3) is 0 Å². The number of para-hydroxylation sites is 1. The summed E-state index contributed by atoms with van der Waals surface area (Å²) in [5, 5.41) is 3.99. The Morgan fingerprint density at radius 1 is 1.17 bits per heavy atom. The van der Waals surface area contributed by atoms with Gasteiger partial charge in [0.15, 0.2) is 0 Å². The van der Waals surface area contributed by atoms with Gasteiger partial charge in [0.05, 0.1) is 15.2 Å². The number of nitrogens with zero attached hydrogens (tertiary/aromatic N) is 1. The smallest absolute Gasteiger partial charge is 0.244 e. The van der Waals surface area contributed by atoms with E-state index in [2.05, 4.69) is 23.3 Å². The van der Waals surface area contributed by atoms with Crippen molar-refractivity contribution >= 4 is 33.5 Å². The largest absolute Gasteiger partial charge is 0.352 e. The van der Waals surface area contributed by atoms with Gasteiger partial charge in [-0.05, 0) is 23.8 Å². The molecule has 0 saturated carbocycles. The van der Waals surface area contributed by atoms with Gasteiger partial charge in [0.1, 0.15) is 0 Å². The van der Waals surface area contributed by atoms with E-state index in [9.17, 15) is 4.79 Å². The summed E-state index contributed by atoms with van der Waals surface area (Å²) < 4.78 is 1.18. The molecule has 0 aliphatic rings. The number of nitrogens with one attached hydrogen (secondary N) is 1. The van der Waals surface area contributed by atoms with Gasteiger partial charge in [0.2, 0.25) is 5.91 Å². The summed E-state index contributed by atoms with van der Waals surface area (Å²) >= 11 is 1.69. The third-order valence-electron chi connectivity index (χ3n) is 3.54. The molecule has 1 amide bonds. The molecule has 3 rings (SSSR count). The minimum Gasteiger partial charge on any atom is -0.352 e. The molecule has 4 heteroatoms. The molecule has 0 aliphatic heterocycles. The second-order valence-corrected chi connectivity index (χ2v) is 6.47. The third-order valence-corrected chi connectivity index (χ3v) is 4.81. The van der Waals surface area contributed by atoms with Gasteiger partial charge in [-0.25, -0.2) is 4.98 Å². The average Bonchev–Trinajstić information content (AvgIpc) is 3.03. The number of carbonyl (C=O) groups is 1. The summed E-state index contributed by atoms with van der Waals surface area (Å²) in [7, 11) is 0. The van der Waals surface area contributed by atoms with Crippen molar-refractivity contribution in [3.8, 4) is 0 Å². The van der Waals surface area contributed by atoms with Crippen LogP contribution >= 0.6 is 11.3 Å². The fourth-order valence-electron chi connectivity index (χ4n) is 2.24. The summed E-state index contributed by atoms with van der Waals surface area (Å²) in [4.78, 5) is 16.5. The molecule has 0 unspecified atom stereocenters. The predicted molar refractivity (Wildman–Crippen MR) is 96.5 cm³/mol. The van der Waals surface area contributed by atoms with Crippen molar-refractivity contribution < 1.29 is 4.79 Å². The van der Waals surface area contributed by atoms with Crippen molar-refractivity contribution in [2.75, 3.05) is 6.54 Å². The van der Waals surface area contributed by atoms with Crippen molar-refractivity contribution in [2.45, 2.75) is 12.8 Å². The van der Waals surface area contributed by atoms with Gasteiger partial charge in [-0.2, -0.15) is 0 Å². The molecule has 0 aliphatic carbocycles. The Morgan fingerprint density at radius 2 is 1.91 bits per heavy atom. The molecular formula is C19H18N2OS. The molecule has 0 saturated heterocycles. The Hall–Kier alpha value is -2.46. The van der Waals surface area contributed by atoms with Crippen molar-refractivity contribution in [2.24, 2.45) is 0 Å². The van der Waals surface area contributed by atoms with Crippen molar-refractivity contribution in [3.05, 3.63) is 71.2 Å². The maximum atomic E-state index is 11.9. The number of hydrogen-bond donors (Lipinski definition) is 1. The van der Waals surface area contributed by atoms with Crippen LogP contribution in [0, 0.1) is 0 Å². The van der Waals surface area contributed by atoms with Crippen molar-refractivity contribution in [1.29, 1.82) is 0 Å². The Balaban J connectivity index is 1.57. The lowest BCUT2D eigenvalue weighted by atomic mass is 10.2. The zero-order chi connectivity index (χ0) is 16.1. The normalized spacial score (nSPS) is 12.6. The molecule has 1 atom stereocenters. The quantitative estimate of drug-likeness (QED) is 0.714. The first-order valence-corrected chi connectivity index (χ1v) is 8.40. The van der Waals surface area contributed by atoms with Crippen LogP contribution in [0.5, 0.6) is 0 Å². The van der Waals surface area contributed by atoms with Crippen molar-refractivity contribution in [1.82, 2.24) is 10.3 Å². The summed E-state index contributed by atoms with van der Waals surface area (Å²) in [6.07, 6.45) is 3.39. The van der Waals surface area contributed by atoms with Gasteiger partial charge in [-0.1, -0.05) is 49.4 Å². The van der Waals surface area contributed by atoms with Gasteiger partial charge in [0, 0.05) is 18.5 Å². The minimum atomic E-state index is -0.0817. The van der Waals surface area contributed by atoms with E-state index in [0.29, 0.717) is 6.54 Å². The second kappa shape index (κ2) is 7.20. The van der Waals surface area contributed by atoms with Gasteiger partial charge < -0.3 is 5.32 Å². The topological polar surface area (TPSA) is 42.0 Å². The molecule has 23 heavy (non-hydrogen) atoms. The Morgan fingerprint density at radius 3 is 2.70 bits per heavy atom. The number of thiazole rings is 1. The SMILES string of the molecule is C[C@@H](CNC(=O)/C=C/c1ccccc1)c1nc2ccccc2s1. The highest BCUT2D eigenvalue weighted by Crippen LogP contribution is 2.26. The molecular weight excluding hydrogens is 304 g/mol. The van der Waals surface area contributed by atoms with Gasteiger partial charge in [-0.15, -0.1) is 11.3 Å². The molecule has 2 aromatic carbocycles. The molecule has 1 aromatic heterocycles. The zero-order valence-electron chi connectivity index (χ0n) is 12.9. The molecule has 0 fully saturated rings. The number of carbonyl (C=O) groups excluding carboxylic acids is 1. The maximum Gasteiger partial charge on any atom is 0.244 e. The minimum absolute atomic E-state index is 0.0817. The molecule has 116 valence electrons. The number of aromatic nitrogens is 1. The highest BCUT2D eigenvalue weighted by atomic mass is 32.1. The maximum absolute atomic E-state index is 11.9. The first-order chi connectivity index (χ1) is 11.2. The van der Waals surface area contributed by atoms with Crippen LogP contribution in [0.4, 0.5) is 0 Å². The summed E-state index contributed by atoms with van der Waals surface area (Å²) in [5.74, 6) is 0.114. The van der Waals surface area contributed by atoms with Crippen LogP contribution in [-0.4, -0.2) is 17.4 Å². The second-order valence-electron chi connectivity index (χ2n) is 5.41. The molecule has 3 nitrogen and oxygen atoms in total. The Kier molecular flexibility index (Phi) is 4.83. The lowest BCUT2D eigenvalue weighted by Gasteiger charge is -2.08. The standard InChI is InChI=1S/C19H18N2OS/c1-14(19-21-16-9-5-6-10-17(16)23-19)13-20-18(22)12-11-15-7-3-2-4-8-15/h2-12,14H,13H2,1H3,(H,20,22)/b12-11+/t14-/m0/s1. The first-order valence-electron chi connectivity index (χ1n) is 7.59. The Labute approximate surface area is 139 Å². The monoisotopic (exact) mass is 322 g/mol. The van der Waals surface area contributed by atoms with Crippen LogP contribution in [0.2, 0.25) is 0 Å². The van der Waals surface area contributed by atoms with E-state index in [1.807, 2.05) is 54.6 Å². The van der Waals surface area contributed by atoms with E-state index >= 15 is 0 Å². The van der Waals surface area contributed by atoms with Crippen LogP contribution in [0.1, 0.15) is 23.4 Å². The van der Waals surface area contributed by atoms with E-state index in [4.69, 9.17) is 0 Å². The number of hydrogen-bond acceptors (Lipinski definition) is 3. The molecule has 0 spiro atoms. The highest BCUT2D eigenvalue weighted by molar-refractivity contribution is 7.18. The van der Waals surface area contributed by atoms with Crippen LogP contribution in [0.3, 0.4) is 0 Å². The Bertz CT molecular complexity index is 791. The van der Waals surface area contributed by atoms with E-state index < -0.39 is 0 Å². The molecule has 1 heterocycles. The number of fused-ring (bicyclic) bond motifs is 1. The molecule has 0 bridgehead atoms. The first kappa shape index (κ1) is 15.4. The number of amides is 1. The third kappa shape index (κ3) is 4.05. The van der Waals surface area contributed by atoms with Crippen LogP contribution in [-0.2, 0) is 4.79 Å². The highest BCUT2D eigenvalue weighted by Gasteiger charge is 2.11. The number of benzene rings is 2. The van der Waals surface area contributed by atoms with Gasteiger partial charge >= 0.3 is 0 Å². The van der Waals surface area contributed by atoms with E-state index in [1.54, 1.807) is 17.4 Å². The fourth-order valence-corrected chi connectivity index (χ4v) is 3.26. The molecule has 0 radical (unpaired) electrons.